The van der Waals surface area contributed by atoms with Crippen molar-refractivity contribution in [3.63, 3.8) is 0 Å². The van der Waals surface area contributed by atoms with Gasteiger partial charge in [-0.15, -0.1) is 0 Å². The van der Waals surface area contributed by atoms with Crippen molar-refractivity contribution in [2.45, 2.75) is 44.6 Å². The van der Waals surface area contributed by atoms with Crippen molar-refractivity contribution >= 4 is 0 Å². The molecule has 0 radical (unpaired) electrons. The Morgan fingerprint density at radius 3 is 2.14 bits per heavy atom. The van der Waals surface area contributed by atoms with Crippen molar-refractivity contribution in [2.75, 3.05) is 0 Å². The smallest absolute Gasteiger partial charge is 0.0409 e. The van der Waals surface area contributed by atoms with Crippen molar-refractivity contribution < 1.29 is 0 Å². The highest BCUT2D eigenvalue weighted by Gasteiger charge is 2.28. The summed E-state index contributed by atoms with van der Waals surface area (Å²) in [6, 6.07) is 8.72. The highest BCUT2D eigenvalue weighted by atomic mass is 14.7. The zero-order valence-electron chi connectivity index (χ0n) is 8.92. The number of nitrogens with two attached hydrogens (primary N) is 1. The molecule has 76 valence electrons. The number of hydrogen-bond donors (Lipinski definition) is 1. The van der Waals surface area contributed by atoms with Crippen LogP contribution in [0.15, 0.2) is 24.3 Å². The molecule has 1 nitrogen and oxygen atoms in total. The van der Waals surface area contributed by atoms with Crippen LogP contribution in [0.4, 0.5) is 0 Å². The van der Waals surface area contributed by atoms with E-state index in [1.807, 2.05) is 0 Å². The Morgan fingerprint density at radius 1 is 1.00 bits per heavy atom. The molecule has 1 aliphatic rings. The Hall–Kier alpha value is -0.820. The molecule has 2 rings (SSSR count). The third-order valence-electron chi connectivity index (χ3n) is 3.37. The van der Waals surface area contributed by atoms with Gasteiger partial charge in [-0.25, -0.2) is 0 Å². The SMILES string of the molecule is Cc1ccc(C2(N)CCCCC2)cc1. The molecule has 1 aliphatic carbocycles. The van der Waals surface area contributed by atoms with E-state index in [-0.39, 0.29) is 5.54 Å². The van der Waals surface area contributed by atoms with Gasteiger partial charge in [-0.3, -0.25) is 0 Å². The molecule has 1 saturated carbocycles. The van der Waals surface area contributed by atoms with Crippen LogP contribution >= 0.6 is 0 Å². The largest absolute Gasteiger partial charge is 0.321 e. The summed E-state index contributed by atoms with van der Waals surface area (Å²) in [6.45, 7) is 2.12. The van der Waals surface area contributed by atoms with Crippen LogP contribution in [0, 0.1) is 6.92 Å². The maximum atomic E-state index is 6.43. The van der Waals surface area contributed by atoms with Gasteiger partial charge in [0.25, 0.3) is 0 Å². The van der Waals surface area contributed by atoms with Gasteiger partial charge in [-0.2, -0.15) is 0 Å². The molecule has 0 amide bonds. The number of benzene rings is 1. The third kappa shape index (κ3) is 1.83. The van der Waals surface area contributed by atoms with Crippen LogP contribution in [0.2, 0.25) is 0 Å². The molecule has 1 fully saturated rings. The quantitative estimate of drug-likeness (QED) is 0.721. The van der Waals surface area contributed by atoms with Gasteiger partial charge in [0.2, 0.25) is 0 Å². The van der Waals surface area contributed by atoms with Gasteiger partial charge in [0.15, 0.2) is 0 Å². The highest BCUT2D eigenvalue weighted by Crippen LogP contribution is 2.34. The van der Waals surface area contributed by atoms with Gasteiger partial charge < -0.3 is 5.73 Å². The van der Waals surface area contributed by atoms with Crippen LogP contribution in [0.1, 0.15) is 43.2 Å². The fourth-order valence-electron chi connectivity index (χ4n) is 2.36. The normalized spacial score (nSPS) is 20.7. The first-order valence-corrected chi connectivity index (χ1v) is 5.57. The van der Waals surface area contributed by atoms with E-state index in [9.17, 15) is 0 Å². The molecular weight excluding hydrogens is 170 g/mol. The molecule has 0 unspecified atom stereocenters. The Labute approximate surface area is 86.3 Å². The summed E-state index contributed by atoms with van der Waals surface area (Å²) in [7, 11) is 0. The lowest BCUT2D eigenvalue weighted by atomic mass is 9.77. The first-order valence-electron chi connectivity index (χ1n) is 5.57. The fraction of sp³-hybridized carbons (Fsp3) is 0.538. The van der Waals surface area contributed by atoms with Crippen LogP contribution < -0.4 is 5.73 Å². The molecule has 0 bridgehead atoms. The van der Waals surface area contributed by atoms with Crippen LogP contribution in [0.3, 0.4) is 0 Å². The zero-order valence-corrected chi connectivity index (χ0v) is 8.92. The number of hydrogen-bond acceptors (Lipinski definition) is 1. The Balaban J connectivity index is 2.23. The lowest BCUT2D eigenvalue weighted by Crippen LogP contribution is -2.38. The number of aryl methyl sites for hydroxylation is 1. The monoisotopic (exact) mass is 189 g/mol. The summed E-state index contributed by atoms with van der Waals surface area (Å²) in [5, 5.41) is 0. The summed E-state index contributed by atoms with van der Waals surface area (Å²) in [5.74, 6) is 0. The second kappa shape index (κ2) is 3.74. The minimum absolute atomic E-state index is 0.0358. The summed E-state index contributed by atoms with van der Waals surface area (Å²) >= 11 is 0. The molecule has 14 heavy (non-hydrogen) atoms. The van der Waals surface area contributed by atoms with E-state index in [0.717, 1.165) is 12.8 Å². The van der Waals surface area contributed by atoms with Gasteiger partial charge in [-0.1, -0.05) is 49.1 Å². The van der Waals surface area contributed by atoms with Gasteiger partial charge in [0.05, 0.1) is 0 Å². The Kier molecular flexibility index (Phi) is 2.60. The maximum Gasteiger partial charge on any atom is 0.0409 e. The van der Waals surface area contributed by atoms with E-state index in [0.29, 0.717) is 0 Å². The molecule has 0 heterocycles. The Bertz CT molecular complexity index is 294. The molecular formula is C13H19N. The van der Waals surface area contributed by atoms with Crippen LogP contribution in [0.25, 0.3) is 0 Å². The van der Waals surface area contributed by atoms with Crippen LogP contribution in [0.5, 0.6) is 0 Å². The Morgan fingerprint density at radius 2 is 1.57 bits per heavy atom. The van der Waals surface area contributed by atoms with Gasteiger partial charge in [0, 0.05) is 5.54 Å². The minimum atomic E-state index is -0.0358. The van der Waals surface area contributed by atoms with Gasteiger partial charge >= 0.3 is 0 Å². The van der Waals surface area contributed by atoms with Crippen molar-refractivity contribution in [3.05, 3.63) is 35.4 Å². The summed E-state index contributed by atoms with van der Waals surface area (Å²) in [6.07, 6.45) is 6.21. The van der Waals surface area contributed by atoms with Crippen LogP contribution in [-0.4, -0.2) is 0 Å². The molecule has 0 atom stereocenters. The van der Waals surface area contributed by atoms with Crippen molar-refractivity contribution in [2.24, 2.45) is 5.73 Å². The lowest BCUT2D eigenvalue weighted by molar-refractivity contribution is 0.302. The highest BCUT2D eigenvalue weighted by molar-refractivity contribution is 5.28. The first kappa shape index (κ1) is 9.72. The molecule has 0 aromatic heterocycles. The minimum Gasteiger partial charge on any atom is -0.321 e. The van der Waals surface area contributed by atoms with E-state index in [1.54, 1.807) is 0 Å². The molecule has 1 aromatic carbocycles. The first-order chi connectivity index (χ1) is 6.71. The van der Waals surface area contributed by atoms with Gasteiger partial charge in [-0.05, 0) is 25.3 Å². The summed E-state index contributed by atoms with van der Waals surface area (Å²) in [5.41, 5.74) is 9.03. The van der Waals surface area contributed by atoms with E-state index >= 15 is 0 Å². The third-order valence-corrected chi connectivity index (χ3v) is 3.37. The fourth-order valence-corrected chi connectivity index (χ4v) is 2.36. The van der Waals surface area contributed by atoms with Crippen molar-refractivity contribution in [3.8, 4) is 0 Å². The number of rotatable bonds is 1. The second-order valence-electron chi connectivity index (χ2n) is 4.58. The average Bonchev–Trinajstić information content (AvgIpc) is 2.19. The molecule has 1 aromatic rings. The van der Waals surface area contributed by atoms with E-state index < -0.39 is 0 Å². The van der Waals surface area contributed by atoms with Crippen molar-refractivity contribution in [1.82, 2.24) is 0 Å². The maximum absolute atomic E-state index is 6.43. The van der Waals surface area contributed by atoms with Gasteiger partial charge in [0.1, 0.15) is 0 Å². The van der Waals surface area contributed by atoms with E-state index in [1.165, 1.54) is 30.4 Å². The second-order valence-corrected chi connectivity index (χ2v) is 4.58. The van der Waals surface area contributed by atoms with Crippen molar-refractivity contribution in [1.29, 1.82) is 0 Å². The average molecular weight is 189 g/mol. The predicted molar refractivity (Wildman–Crippen MR) is 60.1 cm³/mol. The van der Waals surface area contributed by atoms with Crippen LogP contribution in [-0.2, 0) is 5.54 Å². The zero-order chi connectivity index (χ0) is 10.0. The molecule has 0 saturated heterocycles. The molecule has 0 aliphatic heterocycles. The predicted octanol–water partition coefficient (Wildman–Crippen LogP) is 3.11. The molecule has 0 spiro atoms. The summed E-state index contributed by atoms with van der Waals surface area (Å²) < 4.78 is 0. The summed E-state index contributed by atoms with van der Waals surface area (Å²) in [4.78, 5) is 0. The topological polar surface area (TPSA) is 26.0 Å². The lowest BCUT2D eigenvalue weighted by Gasteiger charge is -2.34. The molecule has 2 N–H and O–H groups in total. The standard InChI is InChI=1S/C13H19N/c1-11-5-7-12(8-6-11)13(14)9-3-2-4-10-13/h5-8H,2-4,9-10,14H2,1H3. The van der Waals surface area contributed by atoms with E-state index in [2.05, 4.69) is 31.2 Å². The molecule has 1 heteroatoms. The van der Waals surface area contributed by atoms with E-state index in [4.69, 9.17) is 5.73 Å².